The van der Waals surface area contributed by atoms with Gasteiger partial charge in [-0.15, -0.1) is 0 Å². The van der Waals surface area contributed by atoms with Crippen LogP contribution in [0.1, 0.15) is 22.3 Å². The quantitative estimate of drug-likeness (QED) is 0.838. The van der Waals surface area contributed by atoms with Gasteiger partial charge in [-0.2, -0.15) is 0 Å². The molecule has 1 aliphatic heterocycles. The van der Waals surface area contributed by atoms with E-state index in [0.29, 0.717) is 23.6 Å². The fraction of sp³-hybridized carbons (Fsp3) is 0.278. The molecule has 3 rings (SSSR count). The van der Waals surface area contributed by atoms with E-state index in [1.807, 2.05) is 18.2 Å². The summed E-state index contributed by atoms with van der Waals surface area (Å²) < 4.78 is 23.7. The molecule has 1 atom stereocenters. The highest BCUT2D eigenvalue weighted by molar-refractivity contribution is 7.91. The molecule has 0 aliphatic carbocycles. The fourth-order valence-corrected chi connectivity index (χ4v) is 4.78. The number of carbonyl (C=O) groups excluding carboxylic acids is 1. The number of benzene rings is 2. The maximum Gasteiger partial charge on any atom is 0.254 e. The van der Waals surface area contributed by atoms with Crippen LogP contribution < -0.4 is 0 Å². The first kappa shape index (κ1) is 17.0. The van der Waals surface area contributed by atoms with Crippen LogP contribution in [0.15, 0.2) is 54.6 Å². The minimum absolute atomic E-state index is 0.0269. The summed E-state index contributed by atoms with van der Waals surface area (Å²) in [7, 11) is -3.07. The predicted octanol–water partition coefficient (Wildman–Crippen LogP) is 3.17. The number of sulfone groups is 1. The topological polar surface area (TPSA) is 54.5 Å². The number of halogens is 1. The van der Waals surface area contributed by atoms with Gasteiger partial charge in [0.1, 0.15) is 0 Å². The molecule has 1 heterocycles. The Morgan fingerprint density at radius 2 is 1.75 bits per heavy atom. The molecule has 0 saturated carbocycles. The monoisotopic (exact) mass is 363 g/mol. The molecular formula is C18H18ClNO3S. The summed E-state index contributed by atoms with van der Waals surface area (Å²) in [5.74, 6) is 0.0170. The van der Waals surface area contributed by atoms with Crippen molar-refractivity contribution in [3.05, 3.63) is 70.7 Å². The van der Waals surface area contributed by atoms with Crippen LogP contribution in [0, 0.1) is 0 Å². The number of amides is 1. The van der Waals surface area contributed by atoms with Gasteiger partial charge in [-0.25, -0.2) is 8.42 Å². The van der Waals surface area contributed by atoms with Crippen LogP contribution in [-0.2, 0) is 16.4 Å². The summed E-state index contributed by atoms with van der Waals surface area (Å²) in [6.45, 7) is 0.366. The van der Waals surface area contributed by atoms with E-state index >= 15 is 0 Å². The van der Waals surface area contributed by atoms with E-state index in [1.165, 1.54) is 0 Å². The maximum absolute atomic E-state index is 12.9. The van der Waals surface area contributed by atoms with Gasteiger partial charge in [0.2, 0.25) is 0 Å². The second kappa shape index (κ2) is 6.95. The van der Waals surface area contributed by atoms with Crippen molar-refractivity contribution in [3.63, 3.8) is 0 Å². The molecule has 0 spiro atoms. The minimum Gasteiger partial charge on any atom is -0.330 e. The lowest BCUT2D eigenvalue weighted by Gasteiger charge is -2.28. The molecule has 0 radical (unpaired) electrons. The number of carbonyl (C=O) groups is 1. The van der Waals surface area contributed by atoms with Crippen molar-refractivity contribution in [1.82, 2.24) is 4.90 Å². The second-order valence-corrected chi connectivity index (χ2v) is 8.65. The Bertz CT molecular complexity index is 819. The van der Waals surface area contributed by atoms with E-state index in [4.69, 9.17) is 11.6 Å². The molecule has 1 amide bonds. The largest absolute Gasteiger partial charge is 0.330 e. The molecule has 0 aromatic heterocycles. The summed E-state index contributed by atoms with van der Waals surface area (Å²) in [4.78, 5) is 14.6. The first-order valence-corrected chi connectivity index (χ1v) is 9.95. The Morgan fingerprint density at radius 1 is 1.08 bits per heavy atom. The van der Waals surface area contributed by atoms with Crippen LogP contribution >= 0.6 is 11.6 Å². The van der Waals surface area contributed by atoms with Crippen molar-refractivity contribution in [2.24, 2.45) is 0 Å². The third kappa shape index (κ3) is 3.97. The first-order chi connectivity index (χ1) is 11.4. The Kier molecular flexibility index (Phi) is 4.92. The Hall–Kier alpha value is -1.85. The van der Waals surface area contributed by atoms with Gasteiger partial charge >= 0.3 is 0 Å². The fourth-order valence-electron chi connectivity index (χ4n) is 2.92. The second-order valence-electron chi connectivity index (χ2n) is 5.98. The average Bonchev–Trinajstić information content (AvgIpc) is 2.94. The standard InChI is InChI=1S/C18H18ClNO3S/c19-16-8-6-14(7-9-16)12-20(17-10-11-24(22,23)13-17)18(21)15-4-2-1-3-5-15/h1-9,17H,10-13H2. The summed E-state index contributed by atoms with van der Waals surface area (Å²) in [6.07, 6.45) is 0.481. The van der Waals surface area contributed by atoms with Crippen LogP contribution in [-0.4, -0.2) is 36.8 Å². The lowest BCUT2D eigenvalue weighted by Crippen LogP contribution is -2.40. The van der Waals surface area contributed by atoms with Crippen molar-refractivity contribution in [1.29, 1.82) is 0 Å². The van der Waals surface area contributed by atoms with Gasteiger partial charge in [0.15, 0.2) is 9.84 Å². The van der Waals surface area contributed by atoms with Gasteiger partial charge in [0.05, 0.1) is 11.5 Å². The van der Waals surface area contributed by atoms with Crippen molar-refractivity contribution >= 4 is 27.3 Å². The highest BCUT2D eigenvalue weighted by Crippen LogP contribution is 2.23. The summed E-state index contributed by atoms with van der Waals surface area (Å²) in [6, 6.07) is 15.9. The van der Waals surface area contributed by atoms with E-state index in [0.717, 1.165) is 5.56 Å². The molecule has 4 nitrogen and oxygen atoms in total. The smallest absolute Gasteiger partial charge is 0.254 e. The zero-order valence-electron chi connectivity index (χ0n) is 13.1. The summed E-state index contributed by atoms with van der Waals surface area (Å²) >= 11 is 5.91. The van der Waals surface area contributed by atoms with Crippen LogP contribution in [0.25, 0.3) is 0 Å². The molecule has 126 valence electrons. The molecule has 0 N–H and O–H groups in total. The van der Waals surface area contributed by atoms with Gasteiger partial charge in [-0.1, -0.05) is 41.9 Å². The van der Waals surface area contributed by atoms with E-state index in [-0.39, 0.29) is 23.5 Å². The maximum atomic E-state index is 12.9. The van der Waals surface area contributed by atoms with E-state index in [2.05, 4.69) is 0 Å². The SMILES string of the molecule is O=C(c1ccccc1)N(Cc1ccc(Cl)cc1)C1CCS(=O)(=O)C1. The van der Waals surface area contributed by atoms with Crippen LogP contribution in [0.5, 0.6) is 0 Å². The molecule has 6 heteroatoms. The highest BCUT2D eigenvalue weighted by atomic mass is 35.5. The normalized spacial score (nSPS) is 19.1. The van der Waals surface area contributed by atoms with E-state index < -0.39 is 9.84 Å². The molecule has 24 heavy (non-hydrogen) atoms. The van der Waals surface area contributed by atoms with Crippen molar-refractivity contribution < 1.29 is 13.2 Å². The molecule has 1 fully saturated rings. The van der Waals surface area contributed by atoms with Gasteiger partial charge in [0.25, 0.3) is 5.91 Å². The molecule has 2 aromatic carbocycles. The molecule has 2 aromatic rings. The summed E-state index contributed by atoms with van der Waals surface area (Å²) in [5.41, 5.74) is 1.49. The molecule has 0 bridgehead atoms. The van der Waals surface area contributed by atoms with Crippen molar-refractivity contribution in [2.75, 3.05) is 11.5 Å². The minimum atomic E-state index is -3.07. The zero-order valence-corrected chi connectivity index (χ0v) is 14.6. The molecule has 1 saturated heterocycles. The zero-order chi connectivity index (χ0) is 17.2. The van der Waals surface area contributed by atoms with Gasteiger partial charge in [0, 0.05) is 23.2 Å². The average molecular weight is 364 g/mol. The van der Waals surface area contributed by atoms with Crippen molar-refractivity contribution in [3.8, 4) is 0 Å². The van der Waals surface area contributed by atoms with Gasteiger partial charge < -0.3 is 4.90 Å². The number of hydrogen-bond donors (Lipinski definition) is 0. The van der Waals surface area contributed by atoms with Crippen LogP contribution in [0.2, 0.25) is 5.02 Å². The highest BCUT2D eigenvalue weighted by Gasteiger charge is 2.35. The Balaban J connectivity index is 1.88. The lowest BCUT2D eigenvalue weighted by atomic mass is 10.1. The van der Waals surface area contributed by atoms with Gasteiger partial charge in [-0.3, -0.25) is 4.79 Å². The van der Waals surface area contributed by atoms with E-state index in [1.54, 1.807) is 41.3 Å². The third-order valence-corrected chi connectivity index (χ3v) is 6.20. The van der Waals surface area contributed by atoms with Crippen LogP contribution in [0.3, 0.4) is 0 Å². The lowest BCUT2D eigenvalue weighted by molar-refractivity contribution is 0.0681. The number of hydrogen-bond acceptors (Lipinski definition) is 3. The predicted molar refractivity (Wildman–Crippen MR) is 94.8 cm³/mol. The Labute approximate surface area is 147 Å². The molecule has 1 unspecified atom stereocenters. The molecular weight excluding hydrogens is 346 g/mol. The van der Waals surface area contributed by atoms with Crippen molar-refractivity contribution in [2.45, 2.75) is 19.0 Å². The van der Waals surface area contributed by atoms with Crippen LogP contribution in [0.4, 0.5) is 0 Å². The van der Waals surface area contributed by atoms with Gasteiger partial charge in [-0.05, 0) is 36.2 Å². The number of nitrogens with zero attached hydrogens (tertiary/aromatic N) is 1. The number of rotatable bonds is 4. The van der Waals surface area contributed by atoms with E-state index in [9.17, 15) is 13.2 Å². The first-order valence-electron chi connectivity index (χ1n) is 7.75. The summed E-state index contributed by atoms with van der Waals surface area (Å²) in [5, 5.41) is 0.628. The third-order valence-electron chi connectivity index (χ3n) is 4.20. The molecule has 1 aliphatic rings. The Morgan fingerprint density at radius 3 is 2.33 bits per heavy atom.